The molecular formula is C28H28N6O2. The molecule has 5 rings (SSSR count). The second kappa shape index (κ2) is 10.4. The smallest absolute Gasteiger partial charge is 0.231 e. The molecule has 3 N–H and O–H groups in total. The first-order valence-corrected chi connectivity index (χ1v) is 11.9. The maximum Gasteiger partial charge on any atom is 0.231 e. The fourth-order valence-corrected chi connectivity index (χ4v) is 4.29. The van der Waals surface area contributed by atoms with E-state index in [9.17, 15) is 0 Å². The van der Waals surface area contributed by atoms with Crippen molar-refractivity contribution in [2.45, 2.75) is 25.9 Å². The molecule has 3 aromatic carbocycles. The summed E-state index contributed by atoms with van der Waals surface area (Å²) in [5.74, 6) is 1.30. The Morgan fingerprint density at radius 1 is 1.06 bits per heavy atom. The minimum atomic E-state index is 0.0783. The van der Waals surface area contributed by atoms with Crippen molar-refractivity contribution < 1.29 is 9.36 Å². The quantitative estimate of drug-likeness (QED) is 0.218. The Labute approximate surface area is 209 Å². The zero-order valence-electron chi connectivity index (χ0n) is 20.1. The van der Waals surface area contributed by atoms with Gasteiger partial charge in [-0.3, -0.25) is 5.41 Å². The highest BCUT2D eigenvalue weighted by Crippen LogP contribution is 2.27. The second-order valence-corrected chi connectivity index (χ2v) is 8.87. The lowest BCUT2D eigenvalue weighted by atomic mass is 10.0. The van der Waals surface area contributed by atoms with E-state index >= 15 is 0 Å². The van der Waals surface area contributed by atoms with E-state index < -0.39 is 0 Å². The zero-order chi connectivity index (χ0) is 24.9. The van der Waals surface area contributed by atoms with Crippen LogP contribution in [0.2, 0.25) is 0 Å². The Bertz CT molecular complexity index is 1360. The predicted octanol–water partition coefficient (Wildman–Crippen LogP) is 5.03. The normalized spacial score (nSPS) is 15.8. The summed E-state index contributed by atoms with van der Waals surface area (Å²) >= 11 is 0. The van der Waals surface area contributed by atoms with Crippen LogP contribution in [0.15, 0.2) is 88.5 Å². The van der Waals surface area contributed by atoms with Crippen LogP contribution in [0, 0.1) is 5.41 Å². The number of hydrogen-bond acceptors (Lipinski definition) is 6. The standard InChI is InChI=1S/C28H28N6O2/c1-19(32-35-18-20-6-5-9-24(16-20)22-7-3-2-4-8-22)21-10-12-23(13-11-21)26-31-27(36-33-26)25-14-15-34(17-25)28(29)30/h2-13,16,25H,14-15,17-18H2,1H3,(H3,29,30)/t25-/m1/s1. The number of rotatable bonds is 7. The largest absolute Gasteiger partial charge is 0.391 e. The summed E-state index contributed by atoms with van der Waals surface area (Å²) in [5.41, 5.74) is 11.6. The maximum absolute atomic E-state index is 7.58. The summed E-state index contributed by atoms with van der Waals surface area (Å²) in [6.45, 7) is 3.67. The lowest BCUT2D eigenvalue weighted by molar-refractivity contribution is 0.130. The van der Waals surface area contributed by atoms with Crippen molar-refractivity contribution >= 4 is 11.7 Å². The van der Waals surface area contributed by atoms with Crippen molar-refractivity contribution in [3.05, 3.63) is 95.9 Å². The molecule has 1 atom stereocenters. The van der Waals surface area contributed by atoms with Gasteiger partial charge in [0.1, 0.15) is 6.61 Å². The molecule has 0 radical (unpaired) electrons. The van der Waals surface area contributed by atoms with E-state index in [4.69, 9.17) is 20.5 Å². The van der Waals surface area contributed by atoms with Crippen LogP contribution in [0.1, 0.15) is 36.3 Å². The van der Waals surface area contributed by atoms with Gasteiger partial charge in [0.25, 0.3) is 0 Å². The van der Waals surface area contributed by atoms with Crippen LogP contribution in [0.5, 0.6) is 0 Å². The van der Waals surface area contributed by atoms with E-state index in [1.165, 1.54) is 5.56 Å². The van der Waals surface area contributed by atoms with Gasteiger partial charge in [0, 0.05) is 18.7 Å². The van der Waals surface area contributed by atoms with Gasteiger partial charge in [-0.1, -0.05) is 83.1 Å². The summed E-state index contributed by atoms with van der Waals surface area (Å²) in [7, 11) is 0. The topological polar surface area (TPSA) is 114 Å². The van der Waals surface area contributed by atoms with Gasteiger partial charge in [-0.2, -0.15) is 4.98 Å². The fraction of sp³-hybridized carbons (Fsp3) is 0.214. The Hall–Kier alpha value is -4.46. The van der Waals surface area contributed by atoms with E-state index in [1.807, 2.05) is 66.4 Å². The van der Waals surface area contributed by atoms with Crippen LogP contribution in [-0.4, -0.2) is 39.8 Å². The van der Waals surface area contributed by atoms with Gasteiger partial charge >= 0.3 is 0 Å². The first-order chi connectivity index (χ1) is 17.6. The molecule has 36 heavy (non-hydrogen) atoms. The molecule has 0 bridgehead atoms. The van der Waals surface area contributed by atoms with Crippen molar-refractivity contribution in [1.82, 2.24) is 15.0 Å². The monoisotopic (exact) mass is 480 g/mol. The Morgan fingerprint density at radius 2 is 1.83 bits per heavy atom. The molecule has 4 aromatic rings. The van der Waals surface area contributed by atoms with Crippen molar-refractivity contribution in [3.8, 4) is 22.5 Å². The first-order valence-electron chi connectivity index (χ1n) is 11.9. The molecule has 1 saturated heterocycles. The van der Waals surface area contributed by atoms with Crippen LogP contribution >= 0.6 is 0 Å². The summed E-state index contributed by atoms with van der Waals surface area (Å²) in [6, 6.07) is 26.4. The Morgan fingerprint density at radius 3 is 2.58 bits per heavy atom. The molecule has 1 fully saturated rings. The molecule has 0 unspecified atom stereocenters. The third-order valence-electron chi connectivity index (χ3n) is 6.35. The third kappa shape index (κ3) is 5.27. The van der Waals surface area contributed by atoms with Crippen molar-refractivity contribution in [3.63, 3.8) is 0 Å². The molecule has 8 heteroatoms. The Kier molecular flexibility index (Phi) is 6.75. The number of nitrogens with two attached hydrogens (primary N) is 1. The minimum Gasteiger partial charge on any atom is -0.391 e. The first kappa shape index (κ1) is 23.3. The van der Waals surface area contributed by atoms with Gasteiger partial charge in [0.2, 0.25) is 11.7 Å². The summed E-state index contributed by atoms with van der Waals surface area (Å²) in [6.07, 6.45) is 0.840. The lowest BCUT2D eigenvalue weighted by Crippen LogP contribution is -2.34. The number of benzene rings is 3. The van der Waals surface area contributed by atoms with Gasteiger partial charge in [0.05, 0.1) is 11.6 Å². The van der Waals surface area contributed by atoms with E-state index in [2.05, 4.69) is 39.6 Å². The van der Waals surface area contributed by atoms with Crippen LogP contribution in [0.25, 0.3) is 22.5 Å². The van der Waals surface area contributed by atoms with Crippen LogP contribution < -0.4 is 5.73 Å². The van der Waals surface area contributed by atoms with Gasteiger partial charge in [-0.15, -0.1) is 0 Å². The predicted molar refractivity (Wildman–Crippen MR) is 139 cm³/mol. The number of oxime groups is 1. The average Bonchev–Trinajstić information content (AvgIpc) is 3.60. The molecule has 0 amide bonds. The highest BCUT2D eigenvalue weighted by Gasteiger charge is 2.29. The van der Waals surface area contributed by atoms with E-state index in [-0.39, 0.29) is 11.9 Å². The molecule has 1 aliphatic rings. The number of guanidine groups is 1. The van der Waals surface area contributed by atoms with E-state index in [0.717, 1.165) is 40.9 Å². The van der Waals surface area contributed by atoms with E-state index in [0.29, 0.717) is 24.9 Å². The average molecular weight is 481 g/mol. The number of nitrogens with zero attached hydrogens (tertiary/aromatic N) is 4. The van der Waals surface area contributed by atoms with Gasteiger partial charge in [0.15, 0.2) is 5.96 Å². The number of aromatic nitrogens is 2. The third-order valence-corrected chi connectivity index (χ3v) is 6.35. The number of likely N-dealkylation sites (tertiary alicyclic amines) is 1. The molecule has 1 aliphatic heterocycles. The maximum atomic E-state index is 7.58. The second-order valence-electron chi connectivity index (χ2n) is 8.87. The number of nitrogens with one attached hydrogen (secondary N) is 1. The van der Waals surface area contributed by atoms with Crippen molar-refractivity contribution in [2.75, 3.05) is 13.1 Å². The van der Waals surface area contributed by atoms with Crippen LogP contribution in [0.3, 0.4) is 0 Å². The molecule has 182 valence electrons. The van der Waals surface area contributed by atoms with Gasteiger partial charge < -0.3 is 20.0 Å². The van der Waals surface area contributed by atoms with Crippen molar-refractivity contribution in [2.24, 2.45) is 10.9 Å². The fourth-order valence-electron chi connectivity index (χ4n) is 4.29. The molecule has 2 heterocycles. The molecule has 0 aliphatic carbocycles. The number of hydrogen-bond donors (Lipinski definition) is 2. The van der Waals surface area contributed by atoms with Crippen LogP contribution in [0.4, 0.5) is 0 Å². The van der Waals surface area contributed by atoms with E-state index in [1.54, 1.807) is 0 Å². The molecule has 1 aromatic heterocycles. The molecular weight excluding hydrogens is 452 g/mol. The SMILES string of the molecule is CC(=NOCc1cccc(-c2ccccc2)c1)c1ccc(-c2noc([C@@H]3CCN(C(=N)N)C3)n2)cc1. The summed E-state index contributed by atoms with van der Waals surface area (Å²) < 4.78 is 5.50. The zero-order valence-corrected chi connectivity index (χ0v) is 20.1. The Balaban J connectivity index is 1.19. The highest BCUT2D eigenvalue weighted by atomic mass is 16.6. The molecule has 0 saturated carbocycles. The highest BCUT2D eigenvalue weighted by molar-refractivity contribution is 5.98. The summed E-state index contributed by atoms with van der Waals surface area (Å²) in [4.78, 5) is 12.0. The van der Waals surface area contributed by atoms with Crippen molar-refractivity contribution in [1.29, 1.82) is 5.41 Å². The van der Waals surface area contributed by atoms with Gasteiger partial charge in [-0.05, 0) is 41.7 Å². The van der Waals surface area contributed by atoms with Gasteiger partial charge in [-0.25, -0.2) is 0 Å². The lowest BCUT2D eigenvalue weighted by Gasteiger charge is -2.14. The van der Waals surface area contributed by atoms with Crippen LogP contribution in [-0.2, 0) is 11.4 Å². The minimum absolute atomic E-state index is 0.0783. The molecule has 8 nitrogen and oxygen atoms in total. The summed E-state index contributed by atoms with van der Waals surface area (Å²) in [5, 5.41) is 16.0. The molecule has 0 spiro atoms.